The predicted molar refractivity (Wildman–Crippen MR) is 70.6 cm³/mol. The van der Waals surface area contributed by atoms with Crippen molar-refractivity contribution in [3.63, 3.8) is 0 Å². The molecule has 0 fully saturated rings. The molecule has 0 bridgehead atoms. The summed E-state index contributed by atoms with van der Waals surface area (Å²) in [4.78, 5) is 0. The zero-order valence-corrected chi connectivity index (χ0v) is 10.6. The van der Waals surface area contributed by atoms with Gasteiger partial charge in [-0.1, -0.05) is 18.2 Å². The summed E-state index contributed by atoms with van der Waals surface area (Å²) in [6.45, 7) is 1.89. The van der Waals surface area contributed by atoms with E-state index in [1.165, 1.54) is 36.0 Å². The molecular formula is C16H18O2. The lowest BCUT2D eigenvalue weighted by Gasteiger charge is -2.10. The Morgan fingerprint density at radius 3 is 2.83 bits per heavy atom. The summed E-state index contributed by atoms with van der Waals surface area (Å²) < 4.78 is 5.24. The second kappa shape index (κ2) is 4.62. The topological polar surface area (TPSA) is 33.4 Å². The fraction of sp³-hybridized carbons (Fsp3) is 0.375. The molecule has 3 rings (SSSR count). The lowest BCUT2D eigenvalue weighted by molar-refractivity contribution is 0.177. The monoisotopic (exact) mass is 242 g/mol. The van der Waals surface area contributed by atoms with E-state index in [9.17, 15) is 5.11 Å². The molecule has 18 heavy (non-hydrogen) atoms. The molecule has 1 heterocycles. The van der Waals surface area contributed by atoms with Crippen molar-refractivity contribution >= 4 is 0 Å². The van der Waals surface area contributed by atoms with Crippen LogP contribution in [0.3, 0.4) is 0 Å². The van der Waals surface area contributed by atoms with Gasteiger partial charge >= 0.3 is 0 Å². The summed E-state index contributed by atoms with van der Waals surface area (Å²) in [6.07, 6.45) is 5.49. The van der Waals surface area contributed by atoms with Crippen molar-refractivity contribution in [2.75, 3.05) is 0 Å². The Morgan fingerprint density at radius 2 is 2.06 bits per heavy atom. The quantitative estimate of drug-likeness (QED) is 0.895. The molecule has 2 heteroatoms. The van der Waals surface area contributed by atoms with E-state index in [1.807, 2.05) is 13.0 Å². The number of rotatable bonds is 3. The fourth-order valence-electron chi connectivity index (χ4n) is 2.73. The van der Waals surface area contributed by atoms with Crippen LogP contribution in [0, 0.1) is 6.92 Å². The molecule has 0 aliphatic heterocycles. The molecule has 2 aromatic rings. The van der Waals surface area contributed by atoms with Gasteiger partial charge in [-0.25, -0.2) is 0 Å². The maximum absolute atomic E-state index is 10.2. The third kappa shape index (κ3) is 2.21. The van der Waals surface area contributed by atoms with E-state index in [0.29, 0.717) is 6.42 Å². The average molecular weight is 242 g/mol. The lowest BCUT2D eigenvalue weighted by Crippen LogP contribution is -2.01. The van der Waals surface area contributed by atoms with Gasteiger partial charge < -0.3 is 9.52 Å². The largest absolute Gasteiger partial charge is 0.469 e. The number of hydrogen-bond acceptors (Lipinski definition) is 2. The number of aliphatic hydroxyl groups is 1. The summed E-state index contributed by atoms with van der Waals surface area (Å²) in [5.74, 6) is 0.845. The number of benzene rings is 1. The number of hydrogen-bond donors (Lipinski definition) is 1. The molecule has 1 aliphatic carbocycles. The highest BCUT2D eigenvalue weighted by Crippen LogP contribution is 2.26. The van der Waals surface area contributed by atoms with Crippen molar-refractivity contribution in [3.05, 3.63) is 58.5 Å². The maximum Gasteiger partial charge on any atom is 0.101 e. The third-order valence-electron chi connectivity index (χ3n) is 3.73. The molecule has 1 unspecified atom stereocenters. The van der Waals surface area contributed by atoms with Gasteiger partial charge in [-0.2, -0.15) is 0 Å². The Balaban J connectivity index is 1.76. The van der Waals surface area contributed by atoms with Gasteiger partial charge in [0.1, 0.15) is 5.76 Å². The summed E-state index contributed by atoms with van der Waals surface area (Å²) in [5, 5.41) is 10.2. The molecule has 1 aromatic heterocycles. The normalized spacial score (nSPS) is 15.7. The minimum atomic E-state index is -0.470. The first kappa shape index (κ1) is 11.5. The number of furan rings is 1. The smallest absolute Gasteiger partial charge is 0.101 e. The predicted octanol–water partition coefficient (Wildman–Crippen LogP) is 3.35. The standard InChI is InChI=1S/C16H18O2/c1-11-7-15(10-18-11)16(17)9-12-5-6-13-3-2-4-14(13)8-12/h5-8,10,16-17H,2-4,9H2,1H3. The zero-order valence-electron chi connectivity index (χ0n) is 10.6. The first-order chi connectivity index (χ1) is 8.72. The highest BCUT2D eigenvalue weighted by molar-refractivity contribution is 5.36. The Kier molecular flexibility index (Phi) is 2.96. The molecular weight excluding hydrogens is 224 g/mol. The second-order valence-corrected chi connectivity index (χ2v) is 5.17. The Bertz CT molecular complexity index is 554. The minimum absolute atomic E-state index is 0.470. The van der Waals surface area contributed by atoms with E-state index in [1.54, 1.807) is 6.26 Å². The van der Waals surface area contributed by atoms with Crippen LogP contribution in [0.25, 0.3) is 0 Å². The number of aryl methyl sites for hydroxylation is 3. The van der Waals surface area contributed by atoms with Gasteiger partial charge in [-0.3, -0.25) is 0 Å². The van der Waals surface area contributed by atoms with E-state index in [-0.39, 0.29) is 0 Å². The molecule has 1 aliphatic rings. The van der Waals surface area contributed by atoms with Crippen LogP contribution in [0.4, 0.5) is 0 Å². The molecule has 1 atom stereocenters. The molecule has 1 N–H and O–H groups in total. The molecule has 0 amide bonds. The highest BCUT2D eigenvalue weighted by Gasteiger charge is 2.14. The average Bonchev–Trinajstić information content (AvgIpc) is 2.96. The number of fused-ring (bicyclic) bond motifs is 1. The van der Waals surface area contributed by atoms with Crippen molar-refractivity contribution in [1.29, 1.82) is 0 Å². The van der Waals surface area contributed by atoms with Crippen LogP contribution in [0.2, 0.25) is 0 Å². The molecule has 0 radical (unpaired) electrons. The van der Waals surface area contributed by atoms with Crippen LogP contribution in [-0.4, -0.2) is 5.11 Å². The summed E-state index contributed by atoms with van der Waals surface area (Å²) in [5.41, 5.74) is 5.02. The van der Waals surface area contributed by atoms with Crippen LogP contribution < -0.4 is 0 Å². The van der Waals surface area contributed by atoms with Crippen LogP contribution in [-0.2, 0) is 19.3 Å². The van der Waals surface area contributed by atoms with Crippen molar-refractivity contribution in [2.24, 2.45) is 0 Å². The third-order valence-corrected chi connectivity index (χ3v) is 3.73. The van der Waals surface area contributed by atoms with Gasteiger partial charge in [0.2, 0.25) is 0 Å². The van der Waals surface area contributed by atoms with Gasteiger partial charge in [0.25, 0.3) is 0 Å². The molecule has 94 valence electrons. The highest BCUT2D eigenvalue weighted by atomic mass is 16.3. The van der Waals surface area contributed by atoms with E-state index in [4.69, 9.17) is 4.42 Å². The Morgan fingerprint density at radius 1 is 1.22 bits per heavy atom. The van der Waals surface area contributed by atoms with E-state index in [2.05, 4.69) is 18.2 Å². The zero-order chi connectivity index (χ0) is 12.5. The van der Waals surface area contributed by atoms with Crippen molar-refractivity contribution in [2.45, 2.75) is 38.7 Å². The molecule has 0 saturated heterocycles. The van der Waals surface area contributed by atoms with Crippen molar-refractivity contribution < 1.29 is 9.52 Å². The van der Waals surface area contributed by atoms with E-state index < -0.39 is 6.10 Å². The summed E-state index contributed by atoms with van der Waals surface area (Å²) in [6, 6.07) is 8.50. The second-order valence-electron chi connectivity index (χ2n) is 5.17. The lowest BCUT2D eigenvalue weighted by atomic mass is 10.00. The fourth-order valence-corrected chi connectivity index (χ4v) is 2.73. The SMILES string of the molecule is Cc1cc(C(O)Cc2ccc3c(c2)CCC3)co1. The Labute approximate surface area is 107 Å². The molecule has 1 aromatic carbocycles. The van der Waals surface area contributed by atoms with Gasteiger partial charge in [0.05, 0.1) is 12.4 Å². The van der Waals surface area contributed by atoms with Gasteiger partial charge in [0.15, 0.2) is 0 Å². The van der Waals surface area contributed by atoms with E-state index in [0.717, 1.165) is 11.3 Å². The number of aliphatic hydroxyl groups excluding tert-OH is 1. The molecule has 2 nitrogen and oxygen atoms in total. The minimum Gasteiger partial charge on any atom is -0.469 e. The summed E-state index contributed by atoms with van der Waals surface area (Å²) in [7, 11) is 0. The van der Waals surface area contributed by atoms with Crippen LogP contribution >= 0.6 is 0 Å². The van der Waals surface area contributed by atoms with Crippen molar-refractivity contribution in [3.8, 4) is 0 Å². The summed E-state index contributed by atoms with van der Waals surface area (Å²) >= 11 is 0. The van der Waals surface area contributed by atoms with Gasteiger partial charge in [-0.15, -0.1) is 0 Å². The van der Waals surface area contributed by atoms with E-state index >= 15 is 0 Å². The van der Waals surface area contributed by atoms with Crippen LogP contribution in [0.15, 0.2) is 34.9 Å². The first-order valence-electron chi connectivity index (χ1n) is 6.56. The maximum atomic E-state index is 10.2. The van der Waals surface area contributed by atoms with Gasteiger partial charge in [-0.05, 0) is 48.9 Å². The first-order valence-corrected chi connectivity index (χ1v) is 6.56. The van der Waals surface area contributed by atoms with Crippen LogP contribution in [0.1, 0.15) is 40.5 Å². The molecule has 0 spiro atoms. The van der Waals surface area contributed by atoms with Gasteiger partial charge in [0, 0.05) is 12.0 Å². The Hall–Kier alpha value is -1.54. The van der Waals surface area contributed by atoms with Crippen molar-refractivity contribution in [1.82, 2.24) is 0 Å². The molecule has 0 saturated carbocycles. The van der Waals surface area contributed by atoms with Crippen LogP contribution in [0.5, 0.6) is 0 Å².